The van der Waals surface area contributed by atoms with E-state index in [4.69, 9.17) is 9.47 Å². The molecule has 0 saturated carbocycles. The van der Waals surface area contributed by atoms with E-state index in [-0.39, 0.29) is 29.4 Å². The Morgan fingerprint density at radius 1 is 0.970 bits per heavy atom. The predicted octanol–water partition coefficient (Wildman–Crippen LogP) is 1.90. The van der Waals surface area contributed by atoms with Gasteiger partial charge in [0.25, 0.3) is 5.69 Å². The number of morpholine rings is 2. The number of sulfonamides is 1. The van der Waals surface area contributed by atoms with Gasteiger partial charge in [0.05, 0.1) is 42.5 Å². The average Bonchev–Trinajstić information content (AvgIpc) is 2.85. The minimum Gasteiger partial charge on any atom is -0.379 e. The Labute approximate surface area is 191 Å². The summed E-state index contributed by atoms with van der Waals surface area (Å²) < 4.78 is 37.4. The van der Waals surface area contributed by atoms with E-state index in [1.54, 1.807) is 6.21 Å². The lowest BCUT2D eigenvalue weighted by Gasteiger charge is -2.28. The first-order valence-electron chi connectivity index (χ1n) is 10.5. The molecular formula is C21H25N5O6S. The molecule has 0 amide bonds. The molecule has 0 spiro atoms. The molecule has 0 unspecified atom stereocenters. The van der Waals surface area contributed by atoms with Crippen LogP contribution in [0.3, 0.4) is 0 Å². The van der Waals surface area contributed by atoms with Crippen molar-refractivity contribution in [2.75, 3.05) is 62.9 Å². The number of hydrogen-bond donors (Lipinski definition) is 1. The highest BCUT2D eigenvalue weighted by molar-refractivity contribution is 7.89. The molecule has 0 bridgehead atoms. The van der Waals surface area contributed by atoms with E-state index in [0.29, 0.717) is 26.4 Å². The van der Waals surface area contributed by atoms with Gasteiger partial charge in [-0.2, -0.15) is 9.41 Å². The number of nitro benzene ring substituents is 1. The van der Waals surface area contributed by atoms with Crippen molar-refractivity contribution in [3.05, 3.63) is 58.1 Å². The Morgan fingerprint density at radius 3 is 2.24 bits per heavy atom. The zero-order valence-corrected chi connectivity index (χ0v) is 18.7. The van der Waals surface area contributed by atoms with Gasteiger partial charge in [0.1, 0.15) is 5.69 Å². The van der Waals surface area contributed by atoms with E-state index >= 15 is 0 Å². The van der Waals surface area contributed by atoms with Crippen molar-refractivity contribution < 1.29 is 22.8 Å². The fourth-order valence-corrected chi connectivity index (χ4v) is 5.05. The number of hydrazone groups is 1. The zero-order valence-electron chi connectivity index (χ0n) is 17.9. The minimum atomic E-state index is -3.84. The van der Waals surface area contributed by atoms with E-state index in [9.17, 15) is 18.5 Å². The Balaban J connectivity index is 1.46. The van der Waals surface area contributed by atoms with Gasteiger partial charge in [-0.3, -0.25) is 15.5 Å². The molecule has 0 radical (unpaired) electrons. The molecule has 2 fully saturated rings. The van der Waals surface area contributed by atoms with Crippen LogP contribution in [0.5, 0.6) is 0 Å². The van der Waals surface area contributed by atoms with Crippen molar-refractivity contribution in [3.8, 4) is 0 Å². The standard InChI is InChI=1S/C21H25N5O6S/c27-26(28)21-15-19(33(29,30)25-9-13-32-14-10-25)5-6-20(21)23-22-16-17-1-3-18(4-2-17)24-7-11-31-12-8-24/h1-6,15-16,23H,7-14H2/b22-16-. The Bertz CT molecular complexity index is 1110. The second-order valence-corrected chi connectivity index (χ2v) is 9.45. The Morgan fingerprint density at radius 2 is 1.61 bits per heavy atom. The zero-order chi connectivity index (χ0) is 23.3. The topological polar surface area (TPSA) is 127 Å². The number of anilines is 2. The number of nitro groups is 1. The molecule has 0 aliphatic carbocycles. The van der Waals surface area contributed by atoms with Crippen LogP contribution in [0.1, 0.15) is 5.56 Å². The number of benzene rings is 2. The fourth-order valence-electron chi connectivity index (χ4n) is 3.62. The van der Waals surface area contributed by atoms with E-state index in [0.717, 1.165) is 30.4 Å². The SMILES string of the molecule is O=[N+]([O-])c1cc(S(=O)(=O)N2CCOCC2)ccc1N/N=C\c1ccc(N2CCOCC2)cc1. The normalized spacial score (nSPS) is 17.9. The van der Waals surface area contributed by atoms with Gasteiger partial charge in [0, 0.05) is 37.9 Å². The van der Waals surface area contributed by atoms with Crippen LogP contribution in [0.4, 0.5) is 17.1 Å². The molecule has 2 aromatic rings. The highest BCUT2D eigenvalue weighted by atomic mass is 32.2. The summed E-state index contributed by atoms with van der Waals surface area (Å²) in [4.78, 5) is 13.0. The van der Waals surface area contributed by atoms with Gasteiger partial charge in [-0.05, 0) is 29.8 Å². The predicted molar refractivity (Wildman–Crippen MR) is 123 cm³/mol. The molecule has 0 aromatic heterocycles. The smallest absolute Gasteiger partial charge is 0.295 e. The number of nitrogens with one attached hydrogen (secondary N) is 1. The summed E-state index contributed by atoms with van der Waals surface area (Å²) >= 11 is 0. The summed E-state index contributed by atoms with van der Waals surface area (Å²) in [6, 6.07) is 11.5. The van der Waals surface area contributed by atoms with Crippen LogP contribution in [-0.4, -0.2) is 76.5 Å². The van der Waals surface area contributed by atoms with E-state index in [1.807, 2.05) is 24.3 Å². The number of hydrogen-bond acceptors (Lipinski definition) is 9. The second kappa shape index (κ2) is 10.3. The molecule has 2 aliphatic rings. The molecule has 33 heavy (non-hydrogen) atoms. The van der Waals surface area contributed by atoms with E-state index in [2.05, 4.69) is 15.4 Å². The maximum absolute atomic E-state index is 12.8. The summed E-state index contributed by atoms with van der Waals surface area (Å²) in [6.07, 6.45) is 1.55. The minimum absolute atomic E-state index is 0.0992. The van der Waals surface area contributed by atoms with Crippen molar-refractivity contribution in [1.82, 2.24) is 4.31 Å². The Hall–Kier alpha value is -3.06. The van der Waals surface area contributed by atoms with Gasteiger partial charge in [-0.25, -0.2) is 8.42 Å². The first kappa shape index (κ1) is 23.1. The fraction of sp³-hybridized carbons (Fsp3) is 0.381. The summed E-state index contributed by atoms with van der Waals surface area (Å²) in [5.41, 5.74) is 4.29. The second-order valence-electron chi connectivity index (χ2n) is 7.51. The molecule has 2 heterocycles. The van der Waals surface area contributed by atoms with Crippen molar-refractivity contribution in [2.45, 2.75) is 4.90 Å². The van der Waals surface area contributed by atoms with Gasteiger partial charge < -0.3 is 14.4 Å². The highest BCUT2D eigenvalue weighted by Crippen LogP contribution is 2.29. The maximum Gasteiger partial charge on any atom is 0.295 e. The molecule has 2 aromatic carbocycles. The van der Waals surface area contributed by atoms with Crippen molar-refractivity contribution >= 4 is 33.3 Å². The molecule has 2 aliphatic heterocycles. The lowest BCUT2D eigenvalue weighted by atomic mass is 10.2. The van der Waals surface area contributed by atoms with Crippen molar-refractivity contribution in [3.63, 3.8) is 0 Å². The number of rotatable bonds is 7. The van der Waals surface area contributed by atoms with Crippen molar-refractivity contribution in [1.29, 1.82) is 0 Å². The van der Waals surface area contributed by atoms with Crippen LogP contribution in [0.2, 0.25) is 0 Å². The van der Waals surface area contributed by atoms with Gasteiger partial charge >= 0.3 is 0 Å². The monoisotopic (exact) mass is 475 g/mol. The third-order valence-electron chi connectivity index (χ3n) is 5.44. The quantitative estimate of drug-likeness (QED) is 0.366. The van der Waals surface area contributed by atoms with Gasteiger partial charge in [-0.1, -0.05) is 12.1 Å². The summed E-state index contributed by atoms with van der Waals surface area (Å²) in [6.45, 7) is 4.12. The van der Waals surface area contributed by atoms with E-state index < -0.39 is 14.9 Å². The van der Waals surface area contributed by atoms with Crippen LogP contribution >= 0.6 is 0 Å². The Kier molecular flexibility index (Phi) is 7.18. The van der Waals surface area contributed by atoms with Crippen LogP contribution in [0, 0.1) is 10.1 Å². The lowest BCUT2D eigenvalue weighted by molar-refractivity contribution is -0.384. The van der Waals surface area contributed by atoms with Crippen LogP contribution < -0.4 is 10.3 Å². The van der Waals surface area contributed by atoms with Crippen LogP contribution in [0.25, 0.3) is 0 Å². The highest BCUT2D eigenvalue weighted by Gasteiger charge is 2.28. The van der Waals surface area contributed by atoms with Gasteiger partial charge in [0.2, 0.25) is 10.0 Å². The largest absolute Gasteiger partial charge is 0.379 e. The molecule has 1 N–H and O–H groups in total. The van der Waals surface area contributed by atoms with Crippen LogP contribution in [0.15, 0.2) is 52.5 Å². The summed E-state index contributed by atoms with van der Waals surface area (Å²) in [7, 11) is -3.84. The lowest BCUT2D eigenvalue weighted by Crippen LogP contribution is -2.40. The van der Waals surface area contributed by atoms with Gasteiger partial charge in [-0.15, -0.1) is 0 Å². The molecule has 176 valence electrons. The van der Waals surface area contributed by atoms with Crippen LogP contribution in [-0.2, 0) is 19.5 Å². The molecule has 0 atom stereocenters. The maximum atomic E-state index is 12.8. The van der Waals surface area contributed by atoms with Gasteiger partial charge in [0.15, 0.2) is 0 Å². The summed E-state index contributed by atoms with van der Waals surface area (Å²) in [5, 5.41) is 15.7. The molecule has 12 heteroatoms. The number of ether oxygens (including phenoxy) is 2. The third-order valence-corrected chi connectivity index (χ3v) is 7.34. The molecule has 11 nitrogen and oxygen atoms in total. The average molecular weight is 476 g/mol. The first-order chi connectivity index (χ1) is 15.9. The van der Waals surface area contributed by atoms with E-state index in [1.165, 1.54) is 16.4 Å². The number of nitrogens with zero attached hydrogens (tertiary/aromatic N) is 4. The van der Waals surface area contributed by atoms with Crippen molar-refractivity contribution in [2.24, 2.45) is 5.10 Å². The third kappa shape index (κ3) is 5.47. The summed E-state index contributed by atoms with van der Waals surface area (Å²) in [5.74, 6) is 0. The first-order valence-corrected chi connectivity index (χ1v) is 12.0. The molecular weight excluding hydrogens is 450 g/mol. The molecule has 4 rings (SSSR count). The molecule has 2 saturated heterocycles.